The molecule has 0 radical (unpaired) electrons. The fraction of sp³-hybridized carbons (Fsp3) is 0.500. The molecule has 0 amide bonds. The Balaban J connectivity index is 2.50. The van der Waals surface area contributed by atoms with Crippen molar-refractivity contribution in [3.63, 3.8) is 0 Å². The summed E-state index contributed by atoms with van der Waals surface area (Å²) in [5.41, 5.74) is 0.972. The number of aryl methyl sites for hydroxylation is 2. The van der Waals surface area contributed by atoms with Crippen molar-refractivity contribution in [2.75, 3.05) is 0 Å². The van der Waals surface area contributed by atoms with Crippen molar-refractivity contribution in [3.05, 3.63) is 35.1 Å². The third kappa shape index (κ3) is 4.98. The second-order valence-electron chi connectivity index (χ2n) is 5.17. The normalized spacial score (nSPS) is 11.4. The molecule has 0 aliphatic heterocycles. The Morgan fingerprint density at radius 3 is 2.53 bits per heavy atom. The predicted octanol–water partition coefficient (Wildman–Crippen LogP) is 3.41. The van der Waals surface area contributed by atoms with E-state index in [1.165, 1.54) is 6.07 Å². The Bertz CT molecular complexity index is 405. The van der Waals surface area contributed by atoms with Crippen LogP contribution in [0.25, 0.3) is 0 Å². The van der Waals surface area contributed by atoms with Crippen LogP contribution in [0, 0.1) is 12.7 Å². The molecule has 0 spiro atoms. The Morgan fingerprint density at radius 2 is 2.00 bits per heavy atom. The van der Waals surface area contributed by atoms with E-state index >= 15 is 0 Å². The highest BCUT2D eigenvalue weighted by Gasteiger charge is 2.15. The highest BCUT2D eigenvalue weighted by atomic mass is 19.1. The summed E-state index contributed by atoms with van der Waals surface area (Å²) in [6.45, 7) is 7.20. The predicted molar refractivity (Wildman–Crippen MR) is 65.3 cm³/mol. The van der Waals surface area contributed by atoms with E-state index in [4.69, 9.17) is 4.74 Å². The molecule has 3 heteroatoms. The molecular weight excluding hydrogens is 219 g/mol. The number of halogens is 1. The first-order valence-corrected chi connectivity index (χ1v) is 5.75. The number of benzene rings is 1. The number of ether oxygens (including phenoxy) is 1. The molecule has 0 heterocycles. The van der Waals surface area contributed by atoms with Gasteiger partial charge in [-0.2, -0.15) is 0 Å². The average molecular weight is 238 g/mol. The van der Waals surface area contributed by atoms with E-state index in [2.05, 4.69) is 0 Å². The number of carbonyl (C=O) groups is 1. The van der Waals surface area contributed by atoms with Gasteiger partial charge in [-0.25, -0.2) is 4.39 Å². The lowest BCUT2D eigenvalue weighted by Gasteiger charge is -2.19. The first kappa shape index (κ1) is 13.7. The zero-order valence-electron chi connectivity index (χ0n) is 10.8. The fourth-order valence-electron chi connectivity index (χ4n) is 1.43. The monoisotopic (exact) mass is 238 g/mol. The van der Waals surface area contributed by atoms with Gasteiger partial charge < -0.3 is 4.74 Å². The van der Waals surface area contributed by atoms with Gasteiger partial charge in [0, 0.05) is 6.42 Å². The zero-order valence-corrected chi connectivity index (χ0v) is 10.8. The van der Waals surface area contributed by atoms with E-state index in [0.717, 1.165) is 5.56 Å². The summed E-state index contributed by atoms with van der Waals surface area (Å²) in [7, 11) is 0. The fourth-order valence-corrected chi connectivity index (χ4v) is 1.43. The highest BCUT2D eigenvalue weighted by Crippen LogP contribution is 2.13. The van der Waals surface area contributed by atoms with Gasteiger partial charge in [-0.15, -0.1) is 0 Å². The number of rotatable bonds is 3. The third-order valence-corrected chi connectivity index (χ3v) is 2.27. The first-order valence-electron chi connectivity index (χ1n) is 5.75. The van der Waals surface area contributed by atoms with Gasteiger partial charge in [0.1, 0.15) is 11.4 Å². The van der Waals surface area contributed by atoms with Crippen LogP contribution in [0.4, 0.5) is 4.39 Å². The summed E-state index contributed by atoms with van der Waals surface area (Å²) in [5.74, 6) is -0.481. The second kappa shape index (κ2) is 5.30. The van der Waals surface area contributed by atoms with Crippen molar-refractivity contribution in [1.29, 1.82) is 0 Å². The quantitative estimate of drug-likeness (QED) is 0.754. The molecule has 0 saturated heterocycles. The molecule has 0 bridgehead atoms. The van der Waals surface area contributed by atoms with E-state index in [9.17, 15) is 9.18 Å². The summed E-state index contributed by atoms with van der Waals surface area (Å²) in [6.07, 6.45) is 0.784. The van der Waals surface area contributed by atoms with Gasteiger partial charge in [0.2, 0.25) is 0 Å². The van der Waals surface area contributed by atoms with Gasteiger partial charge in [0.05, 0.1) is 0 Å². The molecule has 94 valence electrons. The van der Waals surface area contributed by atoms with Crippen molar-refractivity contribution in [2.24, 2.45) is 0 Å². The summed E-state index contributed by atoms with van der Waals surface area (Å²) in [6, 6.07) is 5.03. The van der Waals surface area contributed by atoms with Crippen LogP contribution in [0.3, 0.4) is 0 Å². The maximum atomic E-state index is 13.3. The lowest BCUT2D eigenvalue weighted by molar-refractivity contribution is -0.154. The number of hydrogen-bond donors (Lipinski definition) is 0. The van der Waals surface area contributed by atoms with E-state index in [-0.39, 0.29) is 18.2 Å². The van der Waals surface area contributed by atoms with Gasteiger partial charge in [-0.05, 0) is 51.3 Å². The Hall–Kier alpha value is -1.38. The van der Waals surface area contributed by atoms with Crippen LogP contribution < -0.4 is 0 Å². The van der Waals surface area contributed by atoms with Crippen molar-refractivity contribution < 1.29 is 13.9 Å². The summed E-state index contributed by atoms with van der Waals surface area (Å²) < 4.78 is 18.4. The molecule has 0 saturated carbocycles. The minimum atomic E-state index is -0.463. The smallest absolute Gasteiger partial charge is 0.306 e. The topological polar surface area (TPSA) is 26.3 Å². The summed E-state index contributed by atoms with van der Waals surface area (Å²) in [5, 5.41) is 0. The van der Waals surface area contributed by atoms with Crippen LogP contribution >= 0.6 is 0 Å². The molecule has 0 fully saturated rings. The lowest BCUT2D eigenvalue weighted by Crippen LogP contribution is -2.24. The summed E-state index contributed by atoms with van der Waals surface area (Å²) >= 11 is 0. The van der Waals surface area contributed by atoms with Crippen LogP contribution in [0.2, 0.25) is 0 Å². The van der Waals surface area contributed by atoms with Crippen molar-refractivity contribution in [2.45, 2.75) is 46.1 Å². The largest absolute Gasteiger partial charge is 0.460 e. The van der Waals surface area contributed by atoms with Crippen LogP contribution in [0.15, 0.2) is 18.2 Å². The van der Waals surface area contributed by atoms with Gasteiger partial charge in [-0.1, -0.05) is 12.1 Å². The Labute approximate surface area is 102 Å². The molecule has 0 atom stereocenters. The van der Waals surface area contributed by atoms with Crippen molar-refractivity contribution >= 4 is 5.97 Å². The van der Waals surface area contributed by atoms with Gasteiger partial charge >= 0.3 is 5.97 Å². The van der Waals surface area contributed by atoms with Crippen LogP contribution in [0.1, 0.15) is 38.3 Å². The molecule has 0 aliphatic rings. The van der Waals surface area contributed by atoms with Crippen LogP contribution in [0.5, 0.6) is 0 Å². The molecule has 1 aromatic rings. The molecule has 0 unspecified atom stereocenters. The Morgan fingerprint density at radius 1 is 1.35 bits per heavy atom. The van der Waals surface area contributed by atoms with Crippen LogP contribution in [-0.4, -0.2) is 11.6 Å². The average Bonchev–Trinajstić information content (AvgIpc) is 2.17. The van der Waals surface area contributed by atoms with Crippen molar-refractivity contribution in [3.8, 4) is 0 Å². The Kier molecular flexibility index (Phi) is 4.27. The van der Waals surface area contributed by atoms with E-state index in [1.54, 1.807) is 13.0 Å². The molecule has 0 aromatic heterocycles. The third-order valence-electron chi connectivity index (χ3n) is 2.27. The number of hydrogen-bond acceptors (Lipinski definition) is 2. The van der Waals surface area contributed by atoms with Gasteiger partial charge in [0.15, 0.2) is 0 Å². The van der Waals surface area contributed by atoms with Gasteiger partial charge in [-0.3, -0.25) is 4.79 Å². The van der Waals surface area contributed by atoms with Crippen molar-refractivity contribution in [1.82, 2.24) is 0 Å². The maximum Gasteiger partial charge on any atom is 0.306 e. The molecule has 2 nitrogen and oxygen atoms in total. The molecule has 0 aliphatic carbocycles. The maximum absolute atomic E-state index is 13.3. The summed E-state index contributed by atoms with van der Waals surface area (Å²) in [4.78, 5) is 11.5. The zero-order chi connectivity index (χ0) is 13.1. The molecule has 1 rings (SSSR count). The second-order valence-corrected chi connectivity index (χ2v) is 5.17. The lowest BCUT2D eigenvalue weighted by atomic mass is 10.1. The minimum absolute atomic E-state index is 0.230. The van der Waals surface area contributed by atoms with E-state index < -0.39 is 5.60 Å². The van der Waals surface area contributed by atoms with Crippen LogP contribution in [-0.2, 0) is 16.0 Å². The minimum Gasteiger partial charge on any atom is -0.460 e. The molecule has 1 aromatic carbocycles. The first-order chi connectivity index (χ1) is 7.78. The standard InChI is InChI=1S/C14H19FO2/c1-10-5-6-11(9-12(10)15)7-8-13(16)17-14(2,3)4/h5-6,9H,7-8H2,1-4H3. The number of esters is 1. The SMILES string of the molecule is Cc1ccc(CCC(=O)OC(C)(C)C)cc1F. The highest BCUT2D eigenvalue weighted by molar-refractivity contribution is 5.70. The van der Waals surface area contributed by atoms with E-state index in [1.807, 2.05) is 26.8 Å². The molecule has 17 heavy (non-hydrogen) atoms. The van der Waals surface area contributed by atoms with Gasteiger partial charge in [0.25, 0.3) is 0 Å². The van der Waals surface area contributed by atoms with E-state index in [0.29, 0.717) is 12.0 Å². The molecule has 0 N–H and O–H groups in total. The number of carbonyl (C=O) groups excluding carboxylic acids is 1. The molecular formula is C14H19FO2.